The van der Waals surface area contributed by atoms with Gasteiger partial charge in [0, 0.05) is 13.1 Å². The zero-order valence-electron chi connectivity index (χ0n) is 12.4. The Bertz CT molecular complexity index is 677. The molecule has 0 saturated carbocycles. The van der Waals surface area contributed by atoms with Crippen LogP contribution in [0.2, 0.25) is 0 Å². The van der Waals surface area contributed by atoms with Crippen LogP contribution in [0, 0.1) is 0 Å². The molecule has 1 aromatic rings. The van der Waals surface area contributed by atoms with Crippen molar-refractivity contribution in [2.45, 2.75) is 29.8 Å². The molecule has 1 aromatic carbocycles. The number of carbonyl (C=O) groups is 2. The SMILES string of the molecule is NC[C@@H](NC(=O)[C@@H]1CCCN1S(=O)(=O)c1ccccc1)C(=O)O. The highest BCUT2D eigenvalue weighted by Crippen LogP contribution is 2.26. The van der Waals surface area contributed by atoms with Crippen LogP contribution < -0.4 is 11.1 Å². The molecule has 23 heavy (non-hydrogen) atoms. The molecule has 0 aromatic heterocycles. The molecule has 1 saturated heterocycles. The number of aliphatic carboxylic acids is 1. The summed E-state index contributed by atoms with van der Waals surface area (Å²) in [5.74, 6) is -1.89. The van der Waals surface area contributed by atoms with Gasteiger partial charge in [0.25, 0.3) is 0 Å². The maximum Gasteiger partial charge on any atom is 0.327 e. The van der Waals surface area contributed by atoms with Crippen LogP contribution in [0.25, 0.3) is 0 Å². The van der Waals surface area contributed by atoms with Crippen molar-refractivity contribution in [2.24, 2.45) is 5.73 Å². The van der Waals surface area contributed by atoms with Gasteiger partial charge < -0.3 is 16.2 Å². The molecule has 4 N–H and O–H groups in total. The van der Waals surface area contributed by atoms with Crippen LogP contribution in [0.4, 0.5) is 0 Å². The molecule has 8 nitrogen and oxygen atoms in total. The molecule has 0 radical (unpaired) electrons. The molecule has 1 aliphatic rings. The van der Waals surface area contributed by atoms with Crippen molar-refractivity contribution in [3.63, 3.8) is 0 Å². The van der Waals surface area contributed by atoms with Crippen molar-refractivity contribution in [1.82, 2.24) is 9.62 Å². The van der Waals surface area contributed by atoms with Gasteiger partial charge in [0.1, 0.15) is 12.1 Å². The van der Waals surface area contributed by atoms with Gasteiger partial charge >= 0.3 is 5.97 Å². The van der Waals surface area contributed by atoms with E-state index in [2.05, 4.69) is 5.32 Å². The Kier molecular flexibility index (Phi) is 5.34. The van der Waals surface area contributed by atoms with Gasteiger partial charge in [-0.1, -0.05) is 18.2 Å². The van der Waals surface area contributed by atoms with E-state index in [4.69, 9.17) is 10.8 Å². The number of nitrogens with one attached hydrogen (secondary N) is 1. The highest BCUT2D eigenvalue weighted by Gasteiger charge is 2.40. The number of hydrogen-bond acceptors (Lipinski definition) is 5. The lowest BCUT2D eigenvalue weighted by atomic mass is 10.2. The quantitative estimate of drug-likeness (QED) is 0.631. The van der Waals surface area contributed by atoms with Crippen LogP contribution >= 0.6 is 0 Å². The summed E-state index contributed by atoms with van der Waals surface area (Å²) in [5.41, 5.74) is 5.30. The highest BCUT2D eigenvalue weighted by molar-refractivity contribution is 7.89. The molecular weight excluding hydrogens is 322 g/mol. The first-order valence-electron chi connectivity index (χ1n) is 7.18. The molecule has 2 atom stereocenters. The number of benzene rings is 1. The third-order valence-corrected chi connectivity index (χ3v) is 5.63. The Balaban J connectivity index is 2.20. The predicted molar refractivity (Wildman–Crippen MR) is 82.0 cm³/mol. The molecule has 1 aliphatic heterocycles. The third-order valence-electron chi connectivity index (χ3n) is 3.71. The maximum absolute atomic E-state index is 12.6. The number of nitrogens with two attached hydrogens (primary N) is 1. The molecule has 2 rings (SSSR count). The second-order valence-corrected chi connectivity index (χ2v) is 7.11. The fourth-order valence-electron chi connectivity index (χ4n) is 2.51. The topological polar surface area (TPSA) is 130 Å². The molecule has 0 spiro atoms. The molecule has 9 heteroatoms. The van der Waals surface area contributed by atoms with E-state index in [0.29, 0.717) is 12.8 Å². The normalized spacial score (nSPS) is 20.1. The first-order valence-corrected chi connectivity index (χ1v) is 8.62. The van der Waals surface area contributed by atoms with E-state index >= 15 is 0 Å². The number of rotatable bonds is 6. The lowest BCUT2D eigenvalue weighted by Gasteiger charge is -2.24. The molecule has 1 amide bonds. The van der Waals surface area contributed by atoms with Crippen molar-refractivity contribution in [1.29, 1.82) is 0 Å². The Morgan fingerprint density at radius 1 is 1.35 bits per heavy atom. The van der Waals surface area contributed by atoms with Crippen LogP contribution in [0.5, 0.6) is 0 Å². The van der Waals surface area contributed by atoms with Crippen LogP contribution in [0.1, 0.15) is 12.8 Å². The van der Waals surface area contributed by atoms with Crippen LogP contribution in [0.3, 0.4) is 0 Å². The minimum Gasteiger partial charge on any atom is -0.480 e. The Labute approximate surface area is 134 Å². The van der Waals surface area contributed by atoms with Gasteiger partial charge in [0.15, 0.2) is 0 Å². The Morgan fingerprint density at radius 3 is 2.57 bits per heavy atom. The van der Waals surface area contributed by atoms with E-state index in [0.717, 1.165) is 4.31 Å². The number of hydrogen-bond donors (Lipinski definition) is 3. The maximum atomic E-state index is 12.6. The summed E-state index contributed by atoms with van der Waals surface area (Å²) in [5, 5.41) is 11.2. The first kappa shape index (κ1) is 17.4. The Hall–Kier alpha value is -1.97. The average Bonchev–Trinajstić information content (AvgIpc) is 3.03. The van der Waals surface area contributed by atoms with E-state index in [1.165, 1.54) is 12.1 Å². The van der Waals surface area contributed by atoms with Gasteiger partial charge in [-0.25, -0.2) is 13.2 Å². The summed E-state index contributed by atoms with van der Waals surface area (Å²) < 4.78 is 26.4. The number of amides is 1. The van der Waals surface area contributed by atoms with Gasteiger partial charge in [-0.2, -0.15) is 4.31 Å². The summed E-state index contributed by atoms with van der Waals surface area (Å²) in [7, 11) is -3.80. The molecule has 1 heterocycles. The smallest absolute Gasteiger partial charge is 0.327 e. The van der Waals surface area contributed by atoms with Gasteiger partial charge in [-0.3, -0.25) is 4.79 Å². The Morgan fingerprint density at radius 2 is 2.00 bits per heavy atom. The van der Waals surface area contributed by atoms with Crippen LogP contribution in [0.15, 0.2) is 35.2 Å². The third kappa shape index (κ3) is 3.69. The summed E-state index contributed by atoms with van der Waals surface area (Å²) >= 11 is 0. The van der Waals surface area contributed by atoms with Crippen molar-refractivity contribution < 1.29 is 23.1 Å². The van der Waals surface area contributed by atoms with E-state index in [-0.39, 0.29) is 18.0 Å². The number of carboxylic acids is 1. The zero-order valence-corrected chi connectivity index (χ0v) is 13.2. The average molecular weight is 341 g/mol. The fourth-order valence-corrected chi connectivity index (χ4v) is 4.18. The van der Waals surface area contributed by atoms with Crippen LogP contribution in [-0.4, -0.2) is 54.9 Å². The fraction of sp³-hybridized carbons (Fsp3) is 0.429. The van der Waals surface area contributed by atoms with E-state index in [1.807, 2.05) is 0 Å². The van der Waals surface area contributed by atoms with Crippen molar-refractivity contribution in [3.8, 4) is 0 Å². The zero-order chi connectivity index (χ0) is 17.0. The van der Waals surface area contributed by atoms with Crippen molar-refractivity contribution in [3.05, 3.63) is 30.3 Å². The minimum absolute atomic E-state index is 0.105. The van der Waals surface area contributed by atoms with Gasteiger partial charge in [-0.15, -0.1) is 0 Å². The number of carbonyl (C=O) groups excluding carboxylic acids is 1. The summed E-state index contributed by atoms with van der Waals surface area (Å²) in [6.45, 7) is -0.0467. The highest BCUT2D eigenvalue weighted by atomic mass is 32.2. The molecule has 1 fully saturated rings. The van der Waals surface area contributed by atoms with Crippen molar-refractivity contribution >= 4 is 21.9 Å². The molecule has 0 unspecified atom stereocenters. The number of nitrogens with zero attached hydrogens (tertiary/aromatic N) is 1. The lowest BCUT2D eigenvalue weighted by Crippen LogP contribution is -2.53. The van der Waals surface area contributed by atoms with Crippen molar-refractivity contribution in [2.75, 3.05) is 13.1 Å². The summed E-state index contributed by atoms with van der Waals surface area (Å²) in [6.07, 6.45) is 0.874. The van der Waals surface area contributed by atoms with E-state index in [9.17, 15) is 18.0 Å². The van der Waals surface area contributed by atoms with Gasteiger partial charge in [0.2, 0.25) is 15.9 Å². The lowest BCUT2D eigenvalue weighted by molar-refractivity contribution is -0.142. The second-order valence-electron chi connectivity index (χ2n) is 5.22. The van der Waals surface area contributed by atoms with Gasteiger partial charge in [0.05, 0.1) is 4.90 Å². The summed E-state index contributed by atoms with van der Waals surface area (Å²) in [6, 6.07) is 5.68. The summed E-state index contributed by atoms with van der Waals surface area (Å²) in [4.78, 5) is 23.3. The first-order chi connectivity index (χ1) is 10.9. The largest absolute Gasteiger partial charge is 0.480 e. The van der Waals surface area contributed by atoms with Crippen LogP contribution in [-0.2, 0) is 19.6 Å². The number of carboxylic acid groups (broad SMARTS) is 1. The molecule has 0 bridgehead atoms. The minimum atomic E-state index is -3.80. The van der Waals surface area contributed by atoms with Gasteiger partial charge in [-0.05, 0) is 25.0 Å². The second kappa shape index (κ2) is 7.07. The van der Waals surface area contributed by atoms with E-state index in [1.54, 1.807) is 18.2 Å². The molecule has 126 valence electrons. The molecule has 0 aliphatic carbocycles. The number of sulfonamides is 1. The van der Waals surface area contributed by atoms with E-state index < -0.39 is 34.0 Å². The monoisotopic (exact) mass is 341 g/mol. The predicted octanol–water partition coefficient (Wildman–Crippen LogP) is -0.632. The molecular formula is C14H19N3O5S. The standard InChI is InChI=1S/C14H19N3O5S/c15-9-11(14(19)20)16-13(18)12-7-4-8-17(12)23(21,22)10-5-2-1-3-6-10/h1-3,5-6,11-12H,4,7-9,15H2,(H,16,18)(H,19,20)/t11-,12+/m1/s1.